The Hall–Kier alpha value is -1.36. The zero-order valence-electron chi connectivity index (χ0n) is 11.5. The van der Waals surface area contributed by atoms with Gasteiger partial charge in [0.25, 0.3) is 0 Å². The standard InChI is InChI=1S/C15H19NO3S/c1-9-5-8-12(20-9)14-11(15(18)19)3-2-4-13(17)16(14)10-6-7-10/h5,8,10-11,14H,2-4,6-7H2,1H3,(H,18,19). The van der Waals surface area contributed by atoms with Crippen LogP contribution in [0.25, 0.3) is 0 Å². The molecule has 1 aliphatic carbocycles. The van der Waals surface area contributed by atoms with Gasteiger partial charge >= 0.3 is 5.97 Å². The average Bonchev–Trinajstić information content (AvgIpc) is 3.15. The summed E-state index contributed by atoms with van der Waals surface area (Å²) in [5, 5.41) is 9.57. The van der Waals surface area contributed by atoms with E-state index in [-0.39, 0.29) is 18.0 Å². The molecule has 1 aromatic rings. The molecular formula is C15H19NO3S. The Morgan fingerprint density at radius 2 is 2.10 bits per heavy atom. The van der Waals surface area contributed by atoms with E-state index in [1.807, 2.05) is 24.0 Å². The van der Waals surface area contributed by atoms with Crippen LogP contribution in [0.3, 0.4) is 0 Å². The molecule has 1 N–H and O–H groups in total. The molecule has 2 atom stereocenters. The molecule has 0 aromatic carbocycles. The number of carbonyl (C=O) groups excluding carboxylic acids is 1. The highest BCUT2D eigenvalue weighted by atomic mass is 32.1. The Balaban J connectivity index is 2.02. The Morgan fingerprint density at radius 3 is 2.65 bits per heavy atom. The normalized spacial score (nSPS) is 27.4. The Labute approximate surface area is 122 Å². The van der Waals surface area contributed by atoms with Crippen LogP contribution in [-0.2, 0) is 9.59 Å². The minimum atomic E-state index is -0.776. The van der Waals surface area contributed by atoms with Gasteiger partial charge in [0.2, 0.25) is 5.91 Å². The van der Waals surface area contributed by atoms with Crippen LogP contribution in [0.2, 0.25) is 0 Å². The maximum atomic E-state index is 12.4. The molecule has 4 nitrogen and oxygen atoms in total. The number of nitrogens with zero attached hydrogens (tertiary/aromatic N) is 1. The highest BCUT2D eigenvalue weighted by Gasteiger charge is 2.45. The van der Waals surface area contributed by atoms with E-state index in [0.29, 0.717) is 19.3 Å². The van der Waals surface area contributed by atoms with Crippen molar-refractivity contribution in [1.82, 2.24) is 4.90 Å². The van der Waals surface area contributed by atoms with Gasteiger partial charge in [-0.25, -0.2) is 0 Å². The number of thiophene rings is 1. The van der Waals surface area contributed by atoms with Gasteiger partial charge in [-0.05, 0) is 44.7 Å². The first kappa shape index (κ1) is 13.6. The van der Waals surface area contributed by atoms with Crippen molar-refractivity contribution in [3.8, 4) is 0 Å². The summed E-state index contributed by atoms with van der Waals surface area (Å²) in [4.78, 5) is 28.1. The second kappa shape index (κ2) is 5.20. The highest BCUT2D eigenvalue weighted by Crippen LogP contribution is 2.44. The van der Waals surface area contributed by atoms with Crippen LogP contribution < -0.4 is 0 Å². The number of rotatable bonds is 3. The van der Waals surface area contributed by atoms with Crippen LogP contribution in [0, 0.1) is 12.8 Å². The third-order valence-electron chi connectivity index (χ3n) is 4.18. The van der Waals surface area contributed by atoms with Gasteiger partial charge in [0, 0.05) is 22.2 Å². The van der Waals surface area contributed by atoms with Crippen LogP contribution in [0.4, 0.5) is 0 Å². The summed E-state index contributed by atoms with van der Waals surface area (Å²) in [5.41, 5.74) is 0. The lowest BCUT2D eigenvalue weighted by Gasteiger charge is -2.33. The van der Waals surface area contributed by atoms with E-state index in [1.54, 1.807) is 11.3 Å². The van der Waals surface area contributed by atoms with Crippen molar-refractivity contribution in [2.45, 2.75) is 51.1 Å². The lowest BCUT2D eigenvalue weighted by Crippen LogP contribution is -2.40. The van der Waals surface area contributed by atoms with Crippen LogP contribution in [0.15, 0.2) is 12.1 Å². The SMILES string of the molecule is Cc1ccc(C2C(C(=O)O)CCCC(=O)N2C2CC2)s1. The van der Waals surface area contributed by atoms with Crippen LogP contribution in [0.5, 0.6) is 0 Å². The Bertz CT molecular complexity index is 535. The minimum absolute atomic E-state index is 0.132. The van der Waals surface area contributed by atoms with Crippen LogP contribution >= 0.6 is 11.3 Å². The molecular weight excluding hydrogens is 274 g/mol. The first-order valence-corrected chi connectivity index (χ1v) is 8.00. The third kappa shape index (κ3) is 2.46. The van der Waals surface area contributed by atoms with Crippen molar-refractivity contribution in [1.29, 1.82) is 0 Å². The van der Waals surface area contributed by atoms with Crippen molar-refractivity contribution in [2.24, 2.45) is 5.92 Å². The van der Waals surface area contributed by atoms with Gasteiger partial charge in [-0.15, -0.1) is 11.3 Å². The van der Waals surface area contributed by atoms with E-state index in [0.717, 1.165) is 22.6 Å². The molecule has 1 saturated carbocycles. The maximum absolute atomic E-state index is 12.4. The smallest absolute Gasteiger partial charge is 0.308 e. The predicted octanol–water partition coefficient (Wildman–Crippen LogP) is 2.97. The summed E-state index contributed by atoms with van der Waals surface area (Å²) in [7, 11) is 0. The summed E-state index contributed by atoms with van der Waals surface area (Å²) < 4.78 is 0. The third-order valence-corrected chi connectivity index (χ3v) is 5.26. The second-order valence-corrected chi connectivity index (χ2v) is 7.08. The van der Waals surface area contributed by atoms with Crippen molar-refractivity contribution >= 4 is 23.2 Å². The van der Waals surface area contributed by atoms with Crippen molar-refractivity contribution < 1.29 is 14.7 Å². The number of carboxylic acids is 1. The summed E-state index contributed by atoms with van der Waals surface area (Å²) in [6, 6.07) is 4.00. The molecule has 1 aromatic heterocycles. The number of carboxylic acid groups (broad SMARTS) is 1. The quantitative estimate of drug-likeness (QED) is 0.932. The number of aryl methyl sites for hydroxylation is 1. The second-order valence-electron chi connectivity index (χ2n) is 5.76. The van der Waals surface area contributed by atoms with Gasteiger partial charge in [0.1, 0.15) is 0 Å². The number of likely N-dealkylation sites (tertiary alicyclic amines) is 1. The topological polar surface area (TPSA) is 57.6 Å². The van der Waals surface area contributed by atoms with Gasteiger partial charge in [-0.1, -0.05) is 0 Å². The fraction of sp³-hybridized carbons (Fsp3) is 0.600. The summed E-state index contributed by atoms with van der Waals surface area (Å²) in [6.07, 6.45) is 3.78. The predicted molar refractivity (Wildman–Crippen MR) is 76.6 cm³/mol. The fourth-order valence-corrected chi connectivity index (χ4v) is 4.14. The van der Waals surface area contributed by atoms with Gasteiger partial charge in [0.05, 0.1) is 12.0 Å². The number of hydrogen-bond donors (Lipinski definition) is 1. The van der Waals surface area contributed by atoms with E-state index in [9.17, 15) is 14.7 Å². The first-order valence-electron chi connectivity index (χ1n) is 7.18. The summed E-state index contributed by atoms with van der Waals surface area (Å²) in [6.45, 7) is 2.02. The molecule has 108 valence electrons. The minimum Gasteiger partial charge on any atom is -0.481 e. The van der Waals surface area contributed by atoms with E-state index >= 15 is 0 Å². The molecule has 0 spiro atoms. The number of carbonyl (C=O) groups is 2. The Kier molecular flexibility index (Phi) is 3.54. The first-order chi connectivity index (χ1) is 9.58. The molecule has 20 heavy (non-hydrogen) atoms. The molecule has 0 bridgehead atoms. The molecule has 2 aliphatic rings. The summed E-state index contributed by atoms with van der Waals surface area (Å²) >= 11 is 1.62. The van der Waals surface area contributed by atoms with E-state index in [1.165, 1.54) is 0 Å². The molecule has 1 saturated heterocycles. The molecule has 3 rings (SSSR count). The molecule has 2 fully saturated rings. The molecule has 1 aliphatic heterocycles. The van der Waals surface area contributed by atoms with E-state index in [4.69, 9.17) is 0 Å². The van der Waals surface area contributed by atoms with Crippen LogP contribution in [-0.4, -0.2) is 27.9 Å². The van der Waals surface area contributed by atoms with Gasteiger partial charge in [-0.2, -0.15) is 0 Å². The molecule has 5 heteroatoms. The van der Waals surface area contributed by atoms with Crippen molar-refractivity contribution in [3.63, 3.8) is 0 Å². The number of hydrogen-bond acceptors (Lipinski definition) is 3. The van der Waals surface area contributed by atoms with Crippen LogP contribution in [0.1, 0.15) is 47.9 Å². The molecule has 2 unspecified atom stereocenters. The monoisotopic (exact) mass is 293 g/mol. The number of aliphatic carboxylic acids is 1. The molecule has 0 radical (unpaired) electrons. The highest BCUT2D eigenvalue weighted by molar-refractivity contribution is 7.12. The van der Waals surface area contributed by atoms with Gasteiger partial charge in [-0.3, -0.25) is 9.59 Å². The maximum Gasteiger partial charge on any atom is 0.308 e. The largest absolute Gasteiger partial charge is 0.481 e. The molecule has 2 heterocycles. The van der Waals surface area contributed by atoms with E-state index in [2.05, 4.69) is 0 Å². The van der Waals surface area contributed by atoms with Crippen molar-refractivity contribution in [3.05, 3.63) is 21.9 Å². The Morgan fingerprint density at radius 1 is 1.35 bits per heavy atom. The van der Waals surface area contributed by atoms with Gasteiger partial charge < -0.3 is 10.0 Å². The molecule has 1 amide bonds. The average molecular weight is 293 g/mol. The zero-order chi connectivity index (χ0) is 14.3. The lowest BCUT2D eigenvalue weighted by atomic mass is 9.93. The zero-order valence-corrected chi connectivity index (χ0v) is 12.4. The van der Waals surface area contributed by atoms with Crippen molar-refractivity contribution in [2.75, 3.05) is 0 Å². The van der Waals surface area contributed by atoms with E-state index < -0.39 is 11.9 Å². The fourth-order valence-electron chi connectivity index (χ4n) is 3.10. The lowest BCUT2D eigenvalue weighted by molar-refractivity contribution is -0.146. The summed E-state index contributed by atoms with van der Waals surface area (Å²) in [5.74, 6) is -1.12. The van der Waals surface area contributed by atoms with Gasteiger partial charge in [0.15, 0.2) is 0 Å². The number of amides is 1.